The molecule has 39 heavy (non-hydrogen) atoms. The molecule has 0 radical (unpaired) electrons. The Morgan fingerprint density at radius 3 is 2.31 bits per heavy atom. The van der Waals surface area contributed by atoms with Crippen molar-refractivity contribution in [2.75, 3.05) is 6.54 Å². The summed E-state index contributed by atoms with van der Waals surface area (Å²) >= 11 is 12.7. The first kappa shape index (κ1) is 28.7. The zero-order valence-corrected chi connectivity index (χ0v) is 23.9. The molecule has 0 aromatic heterocycles. The molecule has 4 aromatic rings. The van der Waals surface area contributed by atoms with Gasteiger partial charge in [-0.1, -0.05) is 116 Å². The second-order valence-corrected chi connectivity index (χ2v) is 11.1. The smallest absolute Gasteiger partial charge is 0.243 e. The number of amides is 2. The molecule has 0 saturated heterocycles. The van der Waals surface area contributed by atoms with Gasteiger partial charge in [-0.15, -0.1) is 0 Å². The Hall–Kier alpha value is -3.34. The van der Waals surface area contributed by atoms with E-state index in [4.69, 9.17) is 23.2 Å². The summed E-state index contributed by atoms with van der Waals surface area (Å²) in [6, 6.07) is 28.7. The normalized spacial score (nSPS) is 11.9. The maximum Gasteiger partial charge on any atom is 0.243 e. The van der Waals surface area contributed by atoms with E-state index in [-0.39, 0.29) is 30.7 Å². The van der Waals surface area contributed by atoms with Crippen molar-refractivity contribution in [3.63, 3.8) is 0 Å². The van der Waals surface area contributed by atoms with Crippen LogP contribution in [0, 0.1) is 5.92 Å². The van der Waals surface area contributed by atoms with E-state index in [1.54, 1.807) is 17.0 Å². The number of carbonyl (C=O) groups excluding carboxylic acids is 2. The van der Waals surface area contributed by atoms with Crippen LogP contribution in [-0.2, 0) is 29.0 Å². The van der Waals surface area contributed by atoms with Gasteiger partial charge in [-0.05, 0) is 51.9 Å². The second kappa shape index (κ2) is 13.6. The fraction of sp³-hybridized carbons (Fsp3) is 0.273. The van der Waals surface area contributed by atoms with Gasteiger partial charge < -0.3 is 10.2 Å². The van der Waals surface area contributed by atoms with E-state index in [1.165, 1.54) is 0 Å². The maximum absolute atomic E-state index is 14.0. The summed E-state index contributed by atoms with van der Waals surface area (Å²) in [5.41, 5.74) is 2.83. The van der Waals surface area contributed by atoms with Gasteiger partial charge in [-0.3, -0.25) is 9.59 Å². The minimum atomic E-state index is -0.696. The average Bonchev–Trinajstić information content (AvgIpc) is 2.93. The molecule has 1 atom stereocenters. The first-order chi connectivity index (χ1) is 18.8. The first-order valence-electron chi connectivity index (χ1n) is 13.3. The predicted molar refractivity (Wildman–Crippen MR) is 161 cm³/mol. The SMILES string of the molecule is CC(C)CNC(=O)[C@H](Cc1ccccc1)N(Cc1ccc(Cl)cc1Cl)C(=O)CCc1cccc2ccccc12. The van der Waals surface area contributed by atoms with E-state index in [0.29, 0.717) is 29.4 Å². The van der Waals surface area contributed by atoms with Crippen LogP contribution in [0.3, 0.4) is 0 Å². The number of carbonyl (C=O) groups is 2. The third-order valence-corrected chi connectivity index (χ3v) is 7.39. The Morgan fingerprint density at radius 1 is 0.846 bits per heavy atom. The van der Waals surface area contributed by atoms with Crippen LogP contribution in [0.15, 0.2) is 91.0 Å². The van der Waals surface area contributed by atoms with E-state index < -0.39 is 6.04 Å². The predicted octanol–water partition coefficient (Wildman–Crippen LogP) is 7.49. The average molecular weight is 562 g/mol. The molecule has 0 heterocycles. The highest BCUT2D eigenvalue weighted by Gasteiger charge is 2.30. The van der Waals surface area contributed by atoms with Gasteiger partial charge in [0.25, 0.3) is 0 Å². The van der Waals surface area contributed by atoms with Gasteiger partial charge in [-0.2, -0.15) is 0 Å². The molecule has 0 fully saturated rings. The number of rotatable bonds is 11. The standard InChI is InChI=1S/C33H34Cl2N2O2/c1-23(2)21-36-33(39)31(19-24-9-4-3-5-10-24)37(22-27-15-17-28(34)20-30(27)35)32(38)18-16-26-13-8-12-25-11-6-7-14-29(25)26/h3-15,17,20,23,31H,16,18-19,21-22H2,1-2H3,(H,36,39)/t31-/m0/s1. The Kier molecular flexibility index (Phi) is 10.0. The number of halogens is 2. The lowest BCUT2D eigenvalue weighted by Gasteiger charge is -2.32. The minimum Gasteiger partial charge on any atom is -0.354 e. The van der Waals surface area contributed by atoms with Crippen LogP contribution < -0.4 is 5.32 Å². The van der Waals surface area contributed by atoms with E-state index in [2.05, 4.69) is 29.6 Å². The molecule has 2 amide bonds. The molecule has 0 unspecified atom stereocenters. The summed E-state index contributed by atoms with van der Waals surface area (Å²) in [5, 5.41) is 6.32. The van der Waals surface area contributed by atoms with Gasteiger partial charge in [0.2, 0.25) is 11.8 Å². The van der Waals surface area contributed by atoms with Crippen molar-refractivity contribution in [1.29, 1.82) is 0 Å². The third-order valence-electron chi connectivity index (χ3n) is 6.80. The summed E-state index contributed by atoms with van der Waals surface area (Å²) in [6.45, 7) is 4.83. The third kappa shape index (κ3) is 7.84. The molecular formula is C33H34Cl2N2O2. The largest absolute Gasteiger partial charge is 0.354 e. The molecular weight excluding hydrogens is 527 g/mol. The quantitative estimate of drug-likeness (QED) is 0.206. The summed E-state index contributed by atoms with van der Waals surface area (Å²) in [4.78, 5) is 29.3. The zero-order chi connectivity index (χ0) is 27.8. The molecule has 0 spiro atoms. The lowest BCUT2D eigenvalue weighted by atomic mass is 9.99. The highest BCUT2D eigenvalue weighted by molar-refractivity contribution is 6.35. The summed E-state index contributed by atoms with van der Waals surface area (Å²) in [7, 11) is 0. The van der Waals surface area contributed by atoms with Crippen molar-refractivity contribution in [3.8, 4) is 0 Å². The Morgan fingerprint density at radius 2 is 1.56 bits per heavy atom. The van der Waals surface area contributed by atoms with Crippen LogP contribution in [0.25, 0.3) is 10.8 Å². The van der Waals surface area contributed by atoms with Crippen molar-refractivity contribution < 1.29 is 9.59 Å². The molecule has 4 rings (SSSR count). The summed E-state index contributed by atoms with van der Waals surface area (Å²) in [5.74, 6) is 0.0123. The number of aryl methyl sites for hydroxylation is 1. The number of benzene rings is 4. The van der Waals surface area contributed by atoms with Crippen LogP contribution in [0.2, 0.25) is 10.0 Å². The number of fused-ring (bicyclic) bond motifs is 1. The fourth-order valence-corrected chi connectivity index (χ4v) is 5.17. The lowest BCUT2D eigenvalue weighted by molar-refractivity contribution is -0.141. The van der Waals surface area contributed by atoms with E-state index in [1.807, 2.05) is 68.4 Å². The van der Waals surface area contributed by atoms with Crippen LogP contribution in [0.4, 0.5) is 0 Å². The van der Waals surface area contributed by atoms with E-state index >= 15 is 0 Å². The molecule has 0 aliphatic carbocycles. The van der Waals surface area contributed by atoms with Crippen molar-refractivity contribution in [2.45, 2.75) is 45.7 Å². The summed E-state index contributed by atoms with van der Waals surface area (Å²) < 4.78 is 0. The highest BCUT2D eigenvalue weighted by Crippen LogP contribution is 2.25. The lowest BCUT2D eigenvalue weighted by Crippen LogP contribution is -2.51. The van der Waals surface area contributed by atoms with E-state index in [9.17, 15) is 9.59 Å². The van der Waals surface area contributed by atoms with Gasteiger partial charge in [0.1, 0.15) is 6.04 Å². The van der Waals surface area contributed by atoms with Gasteiger partial charge in [0, 0.05) is 36.0 Å². The zero-order valence-electron chi connectivity index (χ0n) is 22.4. The van der Waals surface area contributed by atoms with Crippen molar-refractivity contribution >= 4 is 45.8 Å². The van der Waals surface area contributed by atoms with Crippen LogP contribution in [0.1, 0.15) is 37.0 Å². The van der Waals surface area contributed by atoms with Crippen LogP contribution in [-0.4, -0.2) is 29.3 Å². The highest BCUT2D eigenvalue weighted by atomic mass is 35.5. The van der Waals surface area contributed by atoms with Gasteiger partial charge in [-0.25, -0.2) is 0 Å². The Balaban J connectivity index is 1.66. The van der Waals surface area contributed by atoms with Crippen molar-refractivity contribution in [1.82, 2.24) is 10.2 Å². The number of nitrogens with one attached hydrogen (secondary N) is 1. The molecule has 0 aliphatic rings. The van der Waals surface area contributed by atoms with Crippen LogP contribution in [0.5, 0.6) is 0 Å². The fourth-order valence-electron chi connectivity index (χ4n) is 4.71. The number of hydrogen-bond donors (Lipinski definition) is 1. The molecule has 1 N–H and O–H groups in total. The number of nitrogens with zero attached hydrogens (tertiary/aromatic N) is 1. The molecule has 4 nitrogen and oxygen atoms in total. The van der Waals surface area contributed by atoms with E-state index in [0.717, 1.165) is 27.5 Å². The molecule has 0 aliphatic heterocycles. The van der Waals surface area contributed by atoms with Gasteiger partial charge >= 0.3 is 0 Å². The van der Waals surface area contributed by atoms with Crippen molar-refractivity contribution in [2.24, 2.45) is 5.92 Å². The molecule has 4 aromatic carbocycles. The second-order valence-electron chi connectivity index (χ2n) is 10.2. The van der Waals surface area contributed by atoms with Gasteiger partial charge in [0.05, 0.1) is 0 Å². The monoisotopic (exact) mass is 560 g/mol. The summed E-state index contributed by atoms with van der Waals surface area (Å²) in [6.07, 6.45) is 1.23. The Labute approximate surface area is 240 Å². The van der Waals surface area contributed by atoms with Crippen LogP contribution >= 0.6 is 23.2 Å². The topological polar surface area (TPSA) is 49.4 Å². The first-order valence-corrected chi connectivity index (χ1v) is 14.1. The minimum absolute atomic E-state index is 0.102. The molecule has 202 valence electrons. The van der Waals surface area contributed by atoms with Crippen molar-refractivity contribution in [3.05, 3.63) is 118 Å². The Bertz CT molecular complexity index is 1420. The number of hydrogen-bond acceptors (Lipinski definition) is 2. The molecule has 0 saturated carbocycles. The van der Waals surface area contributed by atoms with Gasteiger partial charge in [0.15, 0.2) is 0 Å². The molecule has 0 bridgehead atoms. The maximum atomic E-state index is 14.0. The molecule has 6 heteroatoms.